The van der Waals surface area contributed by atoms with Gasteiger partial charge in [0.05, 0.1) is 5.56 Å². The summed E-state index contributed by atoms with van der Waals surface area (Å²) in [7, 11) is 0. The third-order valence-corrected chi connectivity index (χ3v) is 2.82. The summed E-state index contributed by atoms with van der Waals surface area (Å²) < 4.78 is 18.5. The zero-order valence-electron chi connectivity index (χ0n) is 10.8. The Bertz CT molecular complexity index is 771. The molecule has 6 heteroatoms. The van der Waals surface area contributed by atoms with Crippen LogP contribution in [0.2, 0.25) is 0 Å². The van der Waals surface area contributed by atoms with E-state index in [1.54, 1.807) is 30.6 Å². The van der Waals surface area contributed by atoms with E-state index in [1.165, 1.54) is 18.2 Å². The molecule has 0 unspecified atom stereocenters. The average Bonchev–Trinajstić information content (AvgIpc) is 2.97. The molecule has 0 fully saturated rings. The summed E-state index contributed by atoms with van der Waals surface area (Å²) in [4.78, 5) is 15.9. The van der Waals surface area contributed by atoms with E-state index >= 15 is 0 Å². The summed E-state index contributed by atoms with van der Waals surface area (Å²) in [5.74, 6) is -1.05. The van der Waals surface area contributed by atoms with Crippen LogP contribution in [-0.4, -0.2) is 16.0 Å². The highest BCUT2D eigenvalue weighted by Crippen LogP contribution is 2.21. The number of aromatic nitrogens is 2. The molecule has 2 heterocycles. The van der Waals surface area contributed by atoms with Crippen LogP contribution in [0.25, 0.3) is 11.3 Å². The zero-order chi connectivity index (χ0) is 14.7. The lowest BCUT2D eigenvalue weighted by Gasteiger charge is -2.01. The molecule has 104 valence electrons. The number of nitrogens with zero attached hydrogens (tertiary/aromatic N) is 2. The molecule has 0 spiro atoms. The first-order valence-electron chi connectivity index (χ1n) is 6.17. The third kappa shape index (κ3) is 2.79. The van der Waals surface area contributed by atoms with Crippen molar-refractivity contribution in [3.8, 4) is 11.3 Å². The van der Waals surface area contributed by atoms with Crippen molar-refractivity contribution >= 4 is 11.8 Å². The summed E-state index contributed by atoms with van der Waals surface area (Å²) in [5.41, 5.74) is 1.23. The fourth-order valence-corrected chi connectivity index (χ4v) is 1.81. The van der Waals surface area contributed by atoms with Gasteiger partial charge in [-0.3, -0.25) is 15.1 Å². The minimum Gasteiger partial charge on any atom is -0.338 e. The molecule has 1 N–H and O–H groups in total. The van der Waals surface area contributed by atoms with Gasteiger partial charge in [0.2, 0.25) is 5.88 Å². The highest BCUT2D eigenvalue weighted by Gasteiger charge is 2.14. The molecule has 21 heavy (non-hydrogen) atoms. The lowest BCUT2D eigenvalue weighted by atomic mass is 10.2. The minimum absolute atomic E-state index is 0.0585. The molecule has 3 rings (SSSR count). The molecule has 0 radical (unpaired) electrons. The van der Waals surface area contributed by atoms with Crippen LogP contribution in [0.5, 0.6) is 0 Å². The van der Waals surface area contributed by atoms with Crippen molar-refractivity contribution in [1.29, 1.82) is 0 Å². The van der Waals surface area contributed by atoms with Gasteiger partial charge < -0.3 is 4.52 Å². The number of carbonyl (C=O) groups excluding carboxylic acids is 1. The van der Waals surface area contributed by atoms with Crippen molar-refractivity contribution in [1.82, 2.24) is 10.1 Å². The monoisotopic (exact) mass is 283 g/mol. The van der Waals surface area contributed by atoms with Crippen molar-refractivity contribution in [2.24, 2.45) is 0 Å². The van der Waals surface area contributed by atoms with Crippen LogP contribution in [-0.2, 0) is 0 Å². The number of anilines is 1. The van der Waals surface area contributed by atoms with Gasteiger partial charge in [-0.15, -0.1) is 0 Å². The number of carbonyl (C=O) groups is 1. The van der Waals surface area contributed by atoms with Crippen LogP contribution in [0.4, 0.5) is 10.3 Å². The maximum Gasteiger partial charge on any atom is 0.261 e. The van der Waals surface area contributed by atoms with Crippen LogP contribution in [0.15, 0.2) is 59.4 Å². The Labute approximate surface area is 119 Å². The molecule has 0 aliphatic carbocycles. The van der Waals surface area contributed by atoms with E-state index in [0.717, 1.165) is 5.56 Å². The molecule has 0 saturated carbocycles. The van der Waals surface area contributed by atoms with Crippen LogP contribution < -0.4 is 5.32 Å². The van der Waals surface area contributed by atoms with Crippen LogP contribution in [0.3, 0.4) is 0 Å². The van der Waals surface area contributed by atoms with Gasteiger partial charge in [-0.05, 0) is 24.3 Å². The van der Waals surface area contributed by atoms with E-state index in [1.807, 2.05) is 6.07 Å². The molecule has 0 aliphatic rings. The standard InChI is InChI=1S/C15H10FN3O2/c16-12-6-2-1-5-11(12)15(20)18-14-8-13(19-21-14)10-4-3-7-17-9-10/h1-9H,(H,18,20). The number of pyridine rings is 1. The quantitative estimate of drug-likeness (QED) is 0.801. The normalized spacial score (nSPS) is 10.3. The second kappa shape index (κ2) is 5.54. The van der Waals surface area contributed by atoms with Gasteiger partial charge in [-0.25, -0.2) is 4.39 Å². The highest BCUT2D eigenvalue weighted by atomic mass is 19.1. The maximum atomic E-state index is 13.5. The highest BCUT2D eigenvalue weighted by molar-refractivity contribution is 6.03. The molecule has 1 amide bonds. The number of hydrogen-bond acceptors (Lipinski definition) is 4. The summed E-state index contributed by atoms with van der Waals surface area (Å²) in [6.07, 6.45) is 3.27. The predicted molar refractivity (Wildman–Crippen MR) is 74.1 cm³/mol. The van der Waals surface area contributed by atoms with E-state index in [4.69, 9.17) is 4.52 Å². The summed E-state index contributed by atoms with van der Waals surface area (Å²) in [5, 5.41) is 6.29. The molecular weight excluding hydrogens is 273 g/mol. The molecule has 3 aromatic rings. The molecule has 0 bridgehead atoms. The van der Waals surface area contributed by atoms with Crippen molar-refractivity contribution in [2.45, 2.75) is 0 Å². The molecule has 2 aromatic heterocycles. The van der Waals surface area contributed by atoms with Crippen LogP contribution in [0, 0.1) is 5.82 Å². The van der Waals surface area contributed by atoms with Gasteiger partial charge in [-0.1, -0.05) is 17.3 Å². The second-order valence-corrected chi connectivity index (χ2v) is 4.25. The number of benzene rings is 1. The summed E-state index contributed by atoms with van der Waals surface area (Å²) in [6, 6.07) is 10.8. The Balaban J connectivity index is 1.79. The largest absolute Gasteiger partial charge is 0.338 e. The SMILES string of the molecule is O=C(Nc1cc(-c2cccnc2)no1)c1ccccc1F. The number of amides is 1. The number of rotatable bonds is 3. The molecule has 1 aromatic carbocycles. The summed E-state index contributed by atoms with van der Waals surface area (Å²) >= 11 is 0. The molecular formula is C15H10FN3O2. The average molecular weight is 283 g/mol. The van der Waals surface area contributed by atoms with Gasteiger partial charge >= 0.3 is 0 Å². The molecule has 0 aliphatic heterocycles. The number of halogens is 1. The van der Waals surface area contributed by atoms with Gasteiger partial charge in [0.1, 0.15) is 11.5 Å². The minimum atomic E-state index is -0.595. The Morgan fingerprint density at radius 3 is 2.81 bits per heavy atom. The lowest BCUT2D eigenvalue weighted by molar-refractivity contribution is 0.102. The Kier molecular flexibility index (Phi) is 3.42. The van der Waals surface area contributed by atoms with Gasteiger partial charge in [0.25, 0.3) is 5.91 Å². The first kappa shape index (κ1) is 13.0. The number of nitrogens with one attached hydrogen (secondary N) is 1. The first-order valence-corrected chi connectivity index (χ1v) is 6.17. The summed E-state index contributed by atoms with van der Waals surface area (Å²) in [6.45, 7) is 0. The third-order valence-electron chi connectivity index (χ3n) is 2.82. The van der Waals surface area contributed by atoms with E-state index in [9.17, 15) is 9.18 Å². The van der Waals surface area contributed by atoms with Gasteiger partial charge in [-0.2, -0.15) is 0 Å². The molecule has 0 atom stereocenters. The van der Waals surface area contributed by atoms with Gasteiger partial charge in [0, 0.05) is 24.0 Å². The predicted octanol–water partition coefficient (Wildman–Crippen LogP) is 3.13. The Hall–Kier alpha value is -3.02. The molecule has 0 saturated heterocycles. The van der Waals surface area contributed by atoms with Gasteiger partial charge in [0.15, 0.2) is 0 Å². The van der Waals surface area contributed by atoms with Crippen molar-refractivity contribution in [3.63, 3.8) is 0 Å². The molecule has 5 nitrogen and oxygen atoms in total. The topological polar surface area (TPSA) is 68.0 Å². The smallest absolute Gasteiger partial charge is 0.261 e. The van der Waals surface area contributed by atoms with E-state index in [2.05, 4.69) is 15.5 Å². The van der Waals surface area contributed by atoms with Crippen molar-refractivity contribution < 1.29 is 13.7 Å². The van der Waals surface area contributed by atoms with Crippen LogP contribution >= 0.6 is 0 Å². The van der Waals surface area contributed by atoms with Crippen molar-refractivity contribution in [3.05, 3.63) is 66.2 Å². The second-order valence-electron chi connectivity index (χ2n) is 4.25. The fourth-order valence-electron chi connectivity index (χ4n) is 1.81. The Morgan fingerprint density at radius 2 is 2.05 bits per heavy atom. The Morgan fingerprint density at radius 1 is 1.19 bits per heavy atom. The lowest BCUT2D eigenvalue weighted by Crippen LogP contribution is -2.13. The number of hydrogen-bond donors (Lipinski definition) is 1. The first-order chi connectivity index (χ1) is 10.2. The van der Waals surface area contributed by atoms with Crippen molar-refractivity contribution in [2.75, 3.05) is 5.32 Å². The zero-order valence-corrected chi connectivity index (χ0v) is 10.8. The van der Waals surface area contributed by atoms with Crippen LogP contribution in [0.1, 0.15) is 10.4 Å². The van der Waals surface area contributed by atoms with E-state index in [0.29, 0.717) is 5.69 Å². The van der Waals surface area contributed by atoms with E-state index in [-0.39, 0.29) is 11.4 Å². The fraction of sp³-hybridized carbons (Fsp3) is 0. The maximum absolute atomic E-state index is 13.5. The van der Waals surface area contributed by atoms with E-state index < -0.39 is 11.7 Å².